The molecule has 1 heterocycles. The van der Waals surface area contributed by atoms with Crippen molar-refractivity contribution in [2.45, 2.75) is 37.4 Å². The lowest BCUT2D eigenvalue weighted by atomic mass is 10.0. The first-order valence-electron chi connectivity index (χ1n) is 8.54. The number of rotatable bonds is 9. The van der Waals surface area contributed by atoms with Crippen LogP contribution in [0.2, 0.25) is 0 Å². The average Bonchev–Trinajstić information content (AvgIpc) is 3.04. The Balaban J connectivity index is 2.09. The number of carbonyl (C=O) groups excluding carboxylic acids is 1. The fourth-order valence-electron chi connectivity index (χ4n) is 2.22. The predicted molar refractivity (Wildman–Crippen MR) is 112 cm³/mol. The van der Waals surface area contributed by atoms with Gasteiger partial charge >= 0.3 is 0 Å². The molecule has 0 spiro atoms. The quantitative estimate of drug-likeness (QED) is 0.485. The van der Waals surface area contributed by atoms with E-state index in [0.717, 1.165) is 32.6 Å². The van der Waals surface area contributed by atoms with Crippen molar-refractivity contribution in [2.75, 3.05) is 28.2 Å². The summed E-state index contributed by atoms with van der Waals surface area (Å²) in [6, 6.07) is 7.18. The largest absolute Gasteiger partial charge is 0.299 e. The van der Waals surface area contributed by atoms with E-state index >= 15 is 0 Å². The standard InChI is InChI=1S/C17H24N4O3S3/c1-5-10-25-17-20-19-16(26-17)18-15(22)11-21(27(4,23)24)14-8-6-13(7-9-14)12(2)3/h6-9,12H,5,10-11H2,1-4H3,(H,18,19,22). The van der Waals surface area contributed by atoms with Crippen LogP contribution in [0.25, 0.3) is 0 Å². The van der Waals surface area contributed by atoms with Crippen molar-refractivity contribution in [1.29, 1.82) is 0 Å². The van der Waals surface area contributed by atoms with E-state index in [9.17, 15) is 13.2 Å². The summed E-state index contributed by atoms with van der Waals surface area (Å²) < 4.78 is 26.2. The smallest absolute Gasteiger partial charge is 0.246 e. The van der Waals surface area contributed by atoms with Crippen LogP contribution in [0.1, 0.15) is 38.7 Å². The van der Waals surface area contributed by atoms with Gasteiger partial charge in [-0.15, -0.1) is 10.2 Å². The highest BCUT2D eigenvalue weighted by atomic mass is 32.2. The summed E-state index contributed by atoms with van der Waals surface area (Å²) in [6.45, 7) is 5.87. The van der Waals surface area contributed by atoms with E-state index in [-0.39, 0.29) is 6.54 Å². The van der Waals surface area contributed by atoms with Crippen molar-refractivity contribution in [3.8, 4) is 0 Å². The Morgan fingerprint density at radius 1 is 1.26 bits per heavy atom. The monoisotopic (exact) mass is 428 g/mol. The molecule has 2 aromatic rings. The van der Waals surface area contributed by atoms with Crippen LogP contribution in [0.3, 0.4) is 0 Å². The molecule has 0 unspecified atom stereocenters. The molecule has 2 rings (SSSR count). The number of thioether (sulfide) groups is 1. The maximum Gasteiger partial charge on any atom is 0.246 e. The Bertz CT molecular complexity index is 864. The second-order valence-corrected chi connectivity index (χ2v) is 10.5. The van der Waals surface area contributed by atoms with Crippen LogP contribution in [0.4, 0.5) is 10.8 Å². The van der Waals surface area contributed by atoms with Crippen molar-refractivity contribution in [2.24, 2.45) is 0 Å². The maximum absolute atomic E-state index is 12.4. The number of carbonyl (C=O) groups is 1. The van der Waals surface area contributed by atoms with E-state index in [2.05, 4.69) is 36.3 Å². The molecule has 27 heavy (non-hydrogen) atoms. The fourth-order valence-corrected chi connectivity index (χ4v) is 4.77. The highest BCUT2D eigenvalue weighted by Crippen LogP contribution is 2.26. The fraction of sp³-hybridized carbons (Fsp3) is 0.471. The van der Waals surface area contributed by atoms with Crippen LogP contribution < -0.4 is 9.62 Å². The number of aromatic nitrogens is 2. The molecule has 0 radical (unpaired) electrons. The van der Waals surface area contributed by atoms with Crippen LogP contribution in [-0.2, 0) is 14.8 Å². The number of benzene rings is 1. The maximum atomic E-state index is 12.4. The summed E-state index contributed by atoms with van der Waals surface area (Å²) in [5, 5.41) is 10.9. The van der Waals surface area contributed by atoms with E-state index in [1.807, 2.05) is 12.1 Å². The predicted octanol–water partition coefficient (Wildman–Crippen LogP) is 3.57. The zero-order chi connectivity index (χ0) is 20.0. The van der Waals surface area contributed by atoms with Gasteiger partial charge in [-0.25, -0.2) is 8.42 Å². The van der Waals surface area contributed by atoms with Crippen molar-refractivity contribution in [1.82, 2.24) is 10.2 Å². The van der Waals surface area contributed by atoms with Gasteiger partial charge in [0.25, 0.3) is 0 Å². The molecule has 0 aliphatic carbocycles. The Morgan fingerprint density at radius 3 is 2.48 bits per heavy atom. The van der Waals surface area contributed by atoms with Gasteiger partial charge < -0.3 is 0 Å². The van der Waals surface area contributed by atoms with Crippen LogP contribution in [-0.4, -0.2) is 43.1 Å². The topological polar surface area (TPSA) is 92.3 Å². The highest BCUT2D eigenvalue weighted by Gasteiger charge is 2.21. The lowest BCUT2D eigenvalue weighted by molar-refractivity contribution is -0.114. The van der Waals surface area contributed by atoms with Crippen molar-refractivity contribution in [3.63, 3.8) is 0 Å². The summed E-state index contributed by atoms with van der Waals surface area (Å²) in [7, 11) is -3.61. The van der Waals surface area contributed by atoms with Gasteiger partial charge in [0.1, 0.15) is 6.54 Å². The average molecular weight is 429 g/mol. The van der Waals surface area contributed by atoms with Crippen LogP contribution in [0.15, 0.2) is 28.6 Å². The van der Waals surface area contributed by atoms with Gasteiger partial charge in [0.2, 0.25) is 21.1 Å². The van der Waals surface area contributed by atoms with Crippen molar-refractivity contribution < 1.29 is 13.2 Å². The van der Waals surface area contributed by atoms with Crippen molar-refractivity contribution in [3.05, 3.63) is 29.8 Å². The molecule has 0 fully saturated rings. The third-order valence-electron chi connectivity index (χ3n) is 3.62. The Hall–Kier alpha value is -1.65. The minimum atomic E-state index is -3.61. The molecule has 0 aliphatic heterocycles. The summed E-state index contributed by atoms with van der Waals surface area (Å²) in [5.41, 5.74) is 1.55. The zero-order valence-electron chi connectivity index (χ0n) is 15.8. The number of nitrogens with zero attached hydrogens (tertiary/aromatic N) is 3. The molecular formula is C17H24N4O3S3. The molecule has 1 aromatic heterocycles. The van der Waals surface area contributed by atoms with E-state index in [0.29, 0.717) is 16.7 Å². The number of nitrogens with one attached hydrogen (secondary N) is 1. The number of sulfonamides is 1. The summed E-state index contributed by atoms with van der Waals surface area (Å²) in [6.07, 6.45) is 2.10. The van der Waals surface area contributed by atoms with E-state index in [4.69, 9.17) is 0 Å². The normalized spacial score (nSPS) is 11.6. The molecule has 148 valence electrons. The molecule has 0 bridgehead atoms. The van der Waals surface area contributed by atoms with Gasteiger partial charge in [-0.1, -0.05) is 56.0 Å². The van der Waals surface area contributed by atoms with E-state index in [1.165, 1.54) is 11.3 Å². The number of hydrogen-bond acceptors (Lipinski definition) is 7. The number of hydrogen-bond donors (Lipinski definition) is 1. The first kappa shape index (κ1) is 21.6. The molecule has 7 nitrogen and oxygen atoms in total. The highest BCUT2D eigenvalue weighted by molar-refractivity contribution is 8.01. The molecular weight excluding hydrogens is 404 g/mol. The lowest BCUT2D eigenvalue weighted by Crippen LogP contribution is -2.37. The first-order valence-corrected chi connectivity index (χ1v) is 12.2. The van der Waals surface area contributed by atoms with Crippen LogP contribution >= 0.6 is 23.1 Å². The van der Waals surface area contributed by atoms with Gasteiger partial charge in [-0.3, -0.25) is 14.4 Å². The summed E-state index contributed by atoms with van der Waals surface area (Å²) >= 11 is 2.85. The van der Waals surface area contributed by atoms with Crippen molar-refractivity contribution >= 4 is 49.8 Å². The minimum Gasteiger partial charge on any atom is -0.299 e. The molecule has 10 heteroatoms. The summed E-state index contributed by atoms with van der Waals surface area (Å²) in [4.78, 5) is 12.4. The minimum absolute atomic E-state index is 0.323. The molecule has 1 N–H and O–H groups in total. The Morgan fingerprint density at radius 2 is 1.93 bits per heavy atom. The number of anilines is 2. The second-order valence-electron chi connectivity index (χ2n) is 6.29. The number of amides is 1. The third-order valence-corrected chi connectivity index (χ3v) is 6.94. The Labute approximate surface area is 168 Å². The third kappa shape index (κ3) is 6.47. The zero-order valence-corrected chi connectivity index (χ0v) is 18.2. The van der Waals surface area contributed by atoms with Crippen LogP contribution in [0.5, 0.6) is 0 Å². The second kappa shape index (κ2) is 9.52. The molecule has 0 aliphatic rings. The molecule has 0 saturated heterocycles. The van der Waals surface area contributed by atoms with Gasteiger partial charge in [0, 0.05) is 5.75 Å². The van der Waals surface area contributed by atoms with E-state index < -0.39 is 15.9 Å². The summed E-state index contributed by atoms with van der Waals surface area (Å²) in [5.74, 6) is 0.805. The van der Waals surface area contributed by atoms with Gasteiger partial charge in [-0.05, 0) is 30.0 Å². The van der Waals surface area contributed by atoms with E-state index in [1.54, 1.807) is 23.9 Å². The molecule has 1 aromatic carbocycles. The van der Waals surface area contributed by atoms with Crippen LogP contribution in [0, 0.1) is 0 Å². The first-order chi connectivity index (χ1) is 12.7. The van der Waals surface area contributed by atoms with Gasteiger partial charge in [0.15, 0.2) is 4.34 Å². The Kier molecular flexibility index (Phi) is 7.63. The lowest BCUT2D eigenvalue weighted by Gasteiger charge is -2.22. The molecule has 0 atom stereocenters. The SMILES string of the molecule is CCCSc1nnc(NC(=O)CN(c2ccc(C(C)C)cc2)S(C)(=O)=O)s1. The molecule has 0 saturated carbocycles. The van der Waals surface area contributed by atoms with Gasteiger partial charge in [0.05, 0.1) is 11.9 Å². The molecule has 1 amide bonds. The van der Waals surface area contributed by atoms with Gasteiger partial charge in [-0.2, -0.15) is 0 Å².